The fourth-order valence-corrected chi connectivity index (χ4v) is 4.08. The molecule has 5 rings (SSSR count). The topological polar surface area (TPSA) is 135 Å². The maximum absolute atomic E-state index is 13.5. The predicted molar refractivity (Wildman–Crippen MR) is 125 cm³/mol. The number of fused-ring (bicyclic) bond motifs is 3. The van der Waals surface area contributed by atoms with Gasteiger partial charge in [0.25, 0.3) is 0 Å². The monoisotopic (exact) mass is 477 g/mol. The number of anilines is 1. The Morgan fingerprint density at radius 3 is 2.63 bits per heavy atom. The maximum atomic E-state index is 13.5. The van der Waals surface area contributed by atoms with Gasteiger partial charge >= 0.3 is 12.0 Å². The van der Waals surface area contributed by atoms with Crippen LogP contribution in [0.3, 0.4) is 0 Å². The number of aromatic amines is 1. The van der Waals surface area contributed by atoms with E-state index in [0.29, 0.717) is 71.4 Å². The lowest BCUT2D eigenvalue weighted by Crippen LogP contribution is -2.49. The summed E-state index contributed by atoms with van der Waals surface area (Å²) in [5, 5.41) is 11.9. The summed E-state index contributed by atoms with van der Waals surface area (Å²) < 4.78 is 15.2. The van der Waals surface area contributed by atoms with Crippen LogP contribution in [0.2, 0.25) is 0 Å². The fraction of sp³-hybridized carbons (Fsp3) is 0.250. The zero-order valence-corrected chi connectivity index (χ0v) is 18.9. The molecule has 2 aromatic carbocycles. The first kappa shape index (κ1) is 22.6. The minimum atomic E-state index is -0.481. The second kappa shape index (κ2) is 9.57. The van der Waals surface area contributed by atoms with Gasteiger partial charge in [0, 0.05) is 24.2 Å². The van der Waals surface area contributed by atoms with Crippen molar-refractivity contribution in [1.29, 1.82) is 0 Å². The van der Waals surface area contributed by atoms with E-state index in [0.717, 1.165) is 0 Å². The number of carbonyl (C=O) groups excluding carboxylic acids is 3. The highest BCUT2D eigenvalue weighted by Crippen LogP contribution is 2.43. The average molecular weight is 477 g/mol. The van der Waals surface area contributed by atoms with Crippen LogP contribution in [0.25, 0.3) is 22.5 Å². The standard InChI is InChI=1S/C24H23N5O6/c1-33-18(30)13-35-15-7-5-14(6-8-15)21-20-22(27-26-21)16-3-2-4-17(19(16)23(20)31)25-24(32)28-29-9-11-34-12-10-29/h2-8H,9-13H2,1H3,(H,26,27)(H2,25,28,32). The minimum Gasteiger partial charge on any atom is -0.482 e. The number of ether oxygens (including phenoxy) is 3. The molecule has 2 amide bonds. The van der Waals surface area contributed by atoms with Crippen molar-refractivity contribution in [1.82, 2.24) is 20.6 Å². The highest BCUT2D eigenvalue weighted by atomic mass is 16.6. The van der Waals surface area contributed by atoms with Gasteiger partial charge in [0.05, 0.1) is 42.8 Å². The van der Waals surface area contributed by atoms with Crippen LogP contribution in [0.4, 0.5) is 10.5 Å². The number of methoxy groups -OCH3 is 1. The van der Waals surface area contributed by atoms with Crippen LogP contribution in [0, 0.1) is 0 Å². The molecule has 3 N–H and O–H groups in total. The molecule has 1 aromatic heterocycles. The van der Waals surface area contributed by atoms with Gasteiger partial charge in [-0.1, -0.05) is 12.1 Å². The van der Waals surface area contributed by atoms with Gasteiger partial charge in [0.1, 0.15) is 11.4 Å². The molecule has 1 aliphatic heterocycles. The molecule has 11 heteroatoms. The van der Waals surface area contributed by atoms with E-state index >= 15 is 0 Å². The fourth-order valence-electron chi connectivity index (χ4n) is 4.08. The zero-order chi connectivity index (χ0) is 24.4. The van der Waals surface area contributed by atoms with Crippen LogP contribution < -0.4 is 15.5 Å². The molecular weight excluding hydrogens is 454 g/mol. The molecule has 0 atom stereocenters. The second-order valence-electron chi connectivity index (χ2n) is 7.93. The van der Waals surface area contributed by atoms with Crippen LogP contribution in [0.1, 0.15) is 15.9 Å². The number of ketones is 1. The number of urea groups is 1. The van der Waals surface area contributed by atoms with Crippen molar-refractivity contribution in [2.75, 3.05) is 45.3 Å². The SMILES string of the molecule is COC(=O)COc1ccc(-c2n[nH]c3c2C(=O)c2c(NC(=O)NN4CCOCC4)cccc2-3)cc1. The number of hydrogen-bond donors (Lipinski definition) is 3. The van der Waals surface area contributed by atoms with Crippen LogP contribution >= 0.6 is 0 Å². The van der Waals surface area contributed by atoms with Crippen LogP contribution in [-0.4, -0.2) is 73.0 Å². The number of hydrogen-bond acceptors (Lipinski definition) is 8. The van der Waals surface area contributed by atoms with Crippen molar-refractivity contribution in [3.63, 3.8) is 0 Å². The minimum absolute atomic E-state index is 0.198. The van der Waals surface area contributed by atoms with E-state index in [1.807, 2.05) is 6.07 Å². The van der Waals surface area contributed by atoms with Crippen molar-refractivity contribution < 1.29 is 28.6 Å². The molecule has 180 valence electrons. The van der Waals surface area contributed by atoms with Crippen molar-refractivity contribution >= 4 is 23.5 Å². The van der Waals surface area contributed by atoms with Gasteiger partial charge in [-0.25, -0.2) is 14.6 Å². The maximum Gasteiger partial charge on any atom is 0.343 e. The number of nitrogens with zero attached hydrogens (tertiary/aromatic N) is 2. The Morgan fingerprint density at radius 1 is 1.11 bits per heavy atom. The van der Waals surface area contributed by atoms with E-state index in [2.05, 4.69) is 25.7 Å². The first-order valence-electron chi connectivity index (χ1n) is 11.0. The summed E-state index contributed by atoms with van der Waals surface area (Å²) in [4.78, 5) is 37.3. The summed E-state index contributed by atoms with van der Waals surface area (Å²) in [5.41, 5.74) is 6.51. The summed E-state index contributed by atoms with van der Waals surface area (Å²) >= 11 is 0. The third kappa shape index (κ3) is 4.46. The highest BCUT2D eigenvalue weighted by molar-refractivity contribution is 6.26. The van der Waals surface area contributed by atoms with Crippen LogP contribution in [-0.2, 0) is 14.3 Å². The van der Waals surface area contributed by atoms with Crippen LogP contribution in [0.15, 0.2) is 42.5 Å². The number of nitrogens with one attached hydrogen (secondary N) is 3. The molecule has 0 saturated carbocycles. The molecule has 3 aromatic rings. The zero-order valence-electron chi connectivity index (χ0n) is 18.9. The number of aromatic nitrogens is 2. The number of hydrazine groups is 1. The van der Waals surface area contributed by atoms with Gasteiger partial charge in [-0.3, -0.25) is 15.3 Å². The van der Waals surface area contributed by atoms with E-state index in [-0.39, 0.29) is 12.4 Å². The molecule has 11 nitrogen and oxygen atoms in total. The van der Waals surface area contributed by atoms with Crippen molar-refractivity contribution in [2.45, 2.75) is 0 Å². The molecule has 1 fully saturated rings. The largest absolute Gasteiger partial charge is 0.482 e. The van der Waals surface area contributed by atoms with Gasteiger partial charge in [0.2, 0.25) is 0 Å². The Bertz CT molecular complexity index is 1280. The summed E-state index contributed by atoms with van der Waals surface area (Å²) in [7, 11) is 1.29. The molecule has 0 radical (unpaired) electrons. The summed E-state index contributed by atoms with van der Waals surface area (Å²) in [6.07, 6.45) is 0. The van der Waals surface area contributed by atoms with Gasteiger partial charge < -0.3 is 19.5 Å². The van der Waals surface area contributed by atoms with Gasteiger partial charge in [0.15, 0.2) is 12.4 Å². The predicted octanol–water partition coefficient (Wildman–Crippen LogP) is 2.21. The molecule has 2 heterocycles. The molecule has 2 aliphatic rings. The third-order valence-corrected chi connectivity index (χ3v) is 5.79. The second-order valence-corrected chi connectivity index (χ2v) is 7.93. The van der Waals surface area contributed by atoms with Gasteiger partial charge in [-0.05, 0) is 30.3 Å². The molecular formula is C24H23N5O6. The number of H-pyrrole nitrogens is 1. The summed E-state index contributed by atoms with van der Waals surface area (Å²) in [6.45, 7) is 2.07. The number of benzene rings is 2. The molecule has 1 saturated heterocycles. The Morgan fingerprint density at radius 2 is 1.89 bits per heavy atom. The van der Waals surface area contributed by atoms with Gasteiger partial charge in [-0.2, -0.15) is 5.10 Å². The van der Waals surface area contributed by atoms with E-state index < -0.39 is 12.0 Å². The molecule has 0 spiro atoms. The molecule has 35 heavy (non-hydrogen) atoms. The van der Waals surface area contributed by atoms with Crippen molar-refractivity contribution in [3.8, 4) is 28.3 Å². The Hall–Kier alpha value is -4.22. The van der Waals surface area contributed by atoms with E-state index in [4.69, 9.17) is 9.47 Å². The number of morpholine rings is 1. The third-order valence-electron chi connectivity index (χ3n) is 5.79. The Kier molecular flexibility index (Phi) is 6.17. The first-order valence-corrected chi connectivity index (χ1v) is 11.0. The van der Waals surface area contributed by atoms with E-state index in [1.54, 1.807) is 41.4 Å². The molecule has 0 bridgehead atoms. The normalized spacial score (nSPS) is 14.7. The average Bonchev–Trinajstić information content (AvgIpc) is 3.43. The number of esters is 1. The lowest BCUT2D eigenvalue weighted by molar-refractivity contribution is -0.142. The Labute approximate surface area is 200 Å². The summed E-state index contributed by atoms with van der Waals surface area (Å²) in [5.74, 6) is -0.226. The first-order chi connectivity index (χ1) is 17.0. The lowest BCUT2D eigenvalue weighted by Gasteiger charge is -2.27. The van der Waals surface area contributed by atoms with Crippen molar-refractivity contribution in [2.24, 2.45) is 0 Å². The van der Waals surface area contributed by atoms with E-state index in [1.165, 1.54) is 7.11 Å². The highest BCUT2D eigenvalue weighted by Gasteiger charge is 2.35. The quantitative estimate of drug-likeness (QED) is 0.360. The number of amides is 2. The van der Waals surface area contributed by atoms with Crippen LogP contribution in [0.5, 0.6) is 5.75 Å². The summed E-state index contributed by atoms with van der Waals surface area (Å²) in [6, 6.07) is 11.8. The molecule has 0 unspecified atom stereocenters. The van der Waals surface area contributed by atoms with Crippen molar-refractivity contribution in [3.05, 3.63) is 53.6 Å². The lowest BCUT2D eigenvalue weighted by atomic mass is 10.0. The van der Waals surface area contributed by atoms with E-state index in [9.17, 15) is 14.4 Å². The number of rotatable bonds is 6. The molecule has 1 aliphatic carbocycles. The van der Waals surface area contributed by atoms with Gasteiger partial charge in [-0.15, -0.1) is 0 Å². The Balaban J connectivity index is 1.35. The number of carbonyl (C=O) groups is 3. The smallest absolute Gasteiger partial charge is 0.343 e.